The second-order valence-corrected chi connectivity index (χ2v) is 4.25. The Labute approximate surface area is 74.2 Å². The van der Waals surface area contributed by atoms with Crippen molar-refractivity contribution in [3.05, 3.63) is 0 Å². The summed E-state index contributed by atoms with van der Waals surface area (Å²) < 4.78 is 0. The molecule has 0 aliphatic rings. The zero-order chi connectivity index (χ0) is 9.99. The topological polar surface area (TPSA) is 49.3 Å². The lowest BCUT2D eigenvalue weighted by molar-refractivity contribution is -0.138. The third-order valence-corrected chi connectivity index (χ3v) is 1.89. The van der Waals surface area contributed by atoms with E-state index in [1.807, 2.05) is 20.8 Å². The van der Waals surface area contributed by atoms with Crippen molar-refractivity contribution in [2.45, 2.75) is 52.2 Å². The SMILES string of the molecule is CCC(C)(C)NC(=O)C(C)(C)O. The van der Waals surface area contributed by atoms with E-state index in [4.69, 9.17) is 0 Å². The first-order valence-corrected chi connectivity index (χ1v) is 4.24. The molecule has 0 fully saturated rings. The molecule has 0 heterocycles. The van der Waals surface area contributed by atoms with Crippen molar-refractivity contribution in [1.82, 2.24) is 5.32 Å². The average molecular weight is 173 g/mol. The van der Waals surface area contributed by atoms with Gasteiger partial charge in [0.05, 0.1) is 0 Å². The molecule has 0 aromatic rings. The predicted molar refractivity (Wildman–Crippen MR) is 48.8 cm³/mol. The van der Waals surface area contributed by atoms with Gasteiger partial charge in [-0.25, -0.2) is 0 Å². The fraction of sp³-hybridized carbons (Fsp3) is 0.889. The molecular formula is C9H19NO2. The molecule has 0 saturated carbocycles. The maximum absolute atomic E-state index is 11.3. The predicted octanol–water partition coefficient (Wildman–Crippen LogP) is 1.06. The lowest BCUT2D eigenvalue weighted by Crippen LogP contribution is -2.51. The van der Waals surface area contributed by atoms with Crippen LogP contribution in [0, 0.1) is 0 Å². The zero-order valence-electron chi connectivity index (χ0n) is 8.56. The third kappa shape index (κ3) is 3.72. The molecule has 0 aliphatic heterocycles. The molecule has 0 bridgehead atoms. The Morgan fingerprint density at radius 2 is 1.75 bits per heavy atom. The summed E-state index contributed by atoms with van der Waals surface area (Å²) in [6.07, 6.45) is 0.842. The third-order valence-electron chi connectivity index (χ3n) is 1.89. The van der Waals surface area contributed by atoms with Gasteiger partial charge in [-0.2, -0.15) is 0 Å². The van der Waals surface area contributed by atoms with Crippen LogP contribution < -0.4 is 5.32 Å². The van der Waals surface area contributed by atoms with Crippen molar-refractivity contribution >= 4 is 5.91 Å². The van der Waals surface area contributed by atoms with Crippen LogP contribution in [0.1, 0.15) is 41.0 Å². The fourth-order valence-corrected chi connectivity index (χ4v) is 0.549. The summed E-state index contributed by atoms with van der Waals surface area (Å²) in [6.45, 7) is 8.81. The minimum absolute atomic E-state index is 0.239. The van der Waals surface area contributed by atoms with E-state index in [1.54, 1.807) is 0 Å². The largest absolute Gasteiger partial charge is 0.381 e. The number of nitrogens with one attached hydrogen (secondary N) is 1. The van der Waals surface area contributed by atoms with Gasteiger partial charge in [-0.15, -0.1) is 0 Å². The Balaban J connectivity index is 4.20. The van der Waals surface area contributed by atoms with Crippen LogP contribution >= 0.6 is 0 Å². The molecule has 0 spiro atoms. The number of rotatable bonds is 3. The van der Waals surface area contributed by atoms with Crippen LogP contribution in [0.3, 0.4) is 0 Å². The number of amides is 1. The normalized spacial score (nSPS) is 12.8. The Kier molecular flexibility index (Phi) is 3.27. The standard InChI is InChI=1S/C9H19NO2/c1-6-8(2,3)10-7(11)9(4,5)12/h12H,6H2,1-5H3,(H,10,11). The average Bonchev–Trinajstić information content (AvgIpc) is 1.85. The van der Waals surface area contributed by atoms with Gasteiger partial charge in [-0.05, 0) is 34.1 Å². The maximum atomic E-state index is 11.3. The minimum Gasteiger partial charge on any atom is -0.381 e. The first-order valence-electron chi connectivity index (χ1n) is 4.24. The summed E-state index contributed by atoms with van der Waals surface area (Å²) in [5.74, 6) is -0.325. The molecule has 0 saturated heterocycles. The number of hydrogen-bond donors (Lipinski definition) is 2. The summed E-state index contributed by atoms with van der Waals surface area (Å²) in [5, 5.41) is 12.1. The highest BCUT2D eigenvalue weighted by Gasteiger charge is 2.28. The van der Waals surface area contributed by atoms with Gasteiger partial charge in [0.25, 0.3) is 5.91 Å². The van der Waals surface area contributed by atoms with E-state index in [1.165, 1.54) is 13.8 Å². The summed E-state index contributed by atoms with van der Waals surface area (Å²) in [5.41, 5.74) is -1.52. The molecule has 0 aliphatic carbocycles. The molecule has 3 heteroatoms. The quantitative estimate of drug-likeness (QED) is 0.670. The summed E-state index contributed by atoms with van der Waals surface area (Å²) in [7, 11) is 0. The highest BCUT2D eigenvalue weighted by Crippen LogP contribution is 2.10. The first-order chi connectivity index (χ1) is 5.19. The lowest BCUT2D eigenvalue weighted by Gasteiger charge is -2.28. The molecule has 0 rings (SSSR count). The molecule has 0 unspecified atom stereocenters. The van der Waals surface area contributed by atoms with Crippen molar-refractivity contribution < 1.29 is 9.90 Å². The van der Waals surface area contributed by atoms with Crippen LogP contribution in [-0.2, 0) is 4.79 Å². The number of aliphatic hydroxyl groups is 1. The summed E-state index contributed by atoms with van der Waals surface area (Å²) in [4.78, 5) is 11.3. The molecule has 72 valence electrons. The van der Waals surface area contributed by atoms with Gasteiger partial charge in [0.15, 0.2) is 0 Å². The van der Waals surface area contributed by atoms with E-state index in [2.05, 4.69) is 5.32 Å². The van der Waals surface area contributed by atoms with Crippen molar-refractivity contribution in [3.63, 3.8) is 0 Å². The van der Waals surface area contributed by atoms with E-state index in [9.17, 15) is 9.90 Å². The van der Waals surface area contributed by atoms with E-state index < -0.39 is 5.60 Å². The van der Waals surface area contributed by atoms with Crippen LogP contribution in [0.5, 0.6) is 0 Å². The Morgan fingerprint density at radius 3 is 2.00 bits per heavy atom. The van der Waals surface area contributed by atoms with Crippen molar-refractivity contribution in [2.75, 3.05) is 0 Å². The van der Waals surface area contributed by atoms with Crippen molar-refractivity contribution in [3.8, 4) is 0 Å². The molecule has 0 aromatic heterocycles. The molecule has 0 radical (unpaired) electrons. The number of hydrogen-bond acceptors (Lipinski definition) is 2. The van der Waals surface area contributed by atoms with Crippen LogP contribution in [0.4, 0.5) is 0 Å². The summed E-state index contributed by atoms with van der Waals surface area (Å²) in [6, 6.07) is 0. The van der Waals surface area contributed by atoms with Crippen molar-refractivity contribution in [1.29, 1.82) is 0 Å². The second-order valence-electron chi connectivity index (χ2n) is 4.25. The van der Waals surface area contributed by atoms with Gasteiger partial charge in [0.1, 0.15) is 5.60 Å². The smallest absolute Gasteiger partial charge is 0.251 e. The van der Waals surface area contributed by atoms with Gasteiger partial charge in [0, 0.05) is 5.54 Å². The minimum atomic E-state index is -1.29. The van der Waals surface area contributed by atoms with E-state index >= 15 is 0 Å². The Morgan fingerprint density at radius 1 is 1.33 bits per heavy atom. The maximum Gasteiger partial charge on any atom is 0.251 e. The number of carbonyl (C=O) groups excluding carboxylic acids is 1. The van der Waals surface area contributed by atoms with Gasteiger partial charge in [0.2, 0.25) is 0 Å². The van der Waals surface area contributed by atoms with Crippen molar-refractivity contribution in [2.24, 2.45) is 0 Å². The van der Waals surface area contributed by atoms with Crippen LogP contribution in [0.2, 0.25) is 0 Å². The summed E-state index contributed by atoms with van der Waals surface area (Å²) >= 11 is 0. The molecule has 3 nitrogen and oxygen atoms in total. The highest BCUT2D eigenvalue weighted by atomic mass is 16.3. The van der Waals surface area contributed by atoms with Crippen LogP contribution in [0.15, 0.2) is 0 Å². The molecule has 0 atom stereocenters. The Bertz CT molecular complexity index is 168. The van der Waals surface area contributed by atoms with Gasteiger partial charge >= 0.3 is 0 Å². The molecule has 0 aromatic carbocycles. The molecule has 2 N–H and O–H groups in total. The molecule has 12 heavy (non-hydrogen) atoms. The fourth-order valence-electron chi connectivity index (χ4n) is 0.549. The van der Waals surface area contributed by atoms with E-state index in [-0.39, 0.29) is 11.4 Å². The first kappa shape index (κ1) is 11.4. The van der Waals surface area contributed by atoms with E-state index in [0.717, 1.165) is 6.42 Å². The highest BCUT2D eigenvalue weighted by molar-refractivity contribution is 5.84. The van der Waals surface area contributed by atoms with Gasteiger partial charge in [-0.1, -0.05) is 6.92 Å². The second kappa shape index (κ2) is 3.44. The van der Waals surface area contributed by atoms with Gasteiger partial charge in [-0.3, -0.25) is 4.79 Å². The lowest BCUT2D eigenvalue weighted by atomic mass is 9.99. The van der Waals surface area contributed by atoms with Crippen LogP contribution in [0.25, 0.3) is 0 Å². The van der Waals surface area contributed by atoms with E-state index in [0.29, 0.717) is 0 Å². The van der Waals surface area contributed by atoms with Crippen LogP contribution in [-0.4, -0.2) is 22.2 Å². The molecular weight excluding hydrogens is 154 g/mol. The Hall–Kier alpha value is -0.570. The van der Waals surface area contributed by atoms with Gasteiger partial charge < -0.3 is 10.4 Å². The zero-order valence-corrected chi connectivity index (χ0v) is 8.56. The number of carbonyl (C=O) groups is 1. The molecule has 1 amide bonds. The monoisotopic (exact) mass is 173 g/mol.